The molecule has 0 unspecified atom stereocenters. The highest BCUT2D eigenvalue weighted by atomic mass is 19.1. The van der Waals surface area contributed by atoms with Crippen molar-refractivity contribution in [2.75, 3.05) is 5.32 Å². The number of amides is 2. The lowest BCUT2D eigenvalue weighted by molar-refractivity contribution is 0.245. The van der Waals surface area contributed by atoms with Gasteiger partial charge in [0.15, 0.2) is 0 Å². The molecule has 1 aromatic carbocycles. The number of fused-ring (bicyclic) bond motifs is 1. The van der Waals surface area contributed by atoms with E-state index in [2.05, 4.69) is 15.7 Å². The number of carbonyl (C=O) groups excluding carboxylic acids is 1. The van der Waals surface area contributed by atoms with E-state index in [0.717, 1.165) is 24.2 Å². The summed E-state index contributed by atoms with van der Waals surface area (Å²) in [6.07, 6.45) is 3.08. The lowest BCUT2D eigenvalue weighted by atomic mass is 10.0. The zero-order chi connectivity index (χ0) is 14.8. The van der Waals surface area contributed by atoms with E-state index in [1.807, 2.05) is 10.7 Å². The van der Waals surface area contributed by atoms with Crippen molar-refractivity contribution in [3.63, 3.8) is 0 Å². The zero-order valence-electron chi connectivity index (χ0n) is 11.1. The number of carbonyl (C=O) groups is 1. The Morgan fingerprint density at radius 3 is 2.81 bits per heavy atom. The fourth-order valence-corrected chi connectivity index (χ4v) is 2.44. The molecular weight excluding hydrogens is 278 g/mol. The Bertz CT molecular complexity index is 650. The van der Waals surface area contributed by atoms with Crippen LogP contribution in [0, 0.1) is 11.6 Å². The van der Waals surface area contributed by atoms with Crippen LogP contribution in [0.15, 0.2) is 30.5 Å². The third kappa shape index (κ3) is 2.86. The third-order valence-electron chi connectivity index (χ3n) is 3.49. The second-order valence-corrected chi connectivity index (χ2v) is 4.93. The summed E-state index contributed by atoms with van der Waals surface area (Å²) in [6.45, 7) is 0.710. The van der Waals surface area contributed by atoms with Crippen LogP contribution in [0.25, 0.3) is 0 Å². The van der Waals surface area contributed by atoms with Crippen LogP contribution in [0.5, 0.6) is 0 Å². The summed E-state index contributed by atoms with van der Waals surface area (Å²) in [5, 5.41) is 9.10. The molecule has 110 valence electrons. The molecule has 0 bridgehead atoms. The minimum atomic E-state index is -0.799. The molecule has 0 saturated heterocycles. The van der Waals surface area contributed by atoms with Crippen molar-refractivity contribution in [3.05, 3.63) is 47.8 Å². The molecule has 2 N–H and O–H groups in total. The average Bonchev–Trinajstić information content (AvgIpc) is 2.90. The molecule has 1 aromatic heterocycles. The van der Waals surface area contributed by atoms with Crippen LogP contribution in [-0.2, 0) is 13.0 Å². The first kappa shape index (κ1) is 13.5. The molecule has 2 heterocycles. The minimum Gasteiger partial charge on any atom is -0.335 e. The monoisotopic (exact) mass is 292 g/mol. The van der Waals surface area contributed by atoms with Gasteiger partial charge in [0.05, 0.1) is 0 Å². The quantitative estimate of drug-likeness (QED) is 0.892. The SMILES string of the molecule is O=C(Nc1c(F)cccc1F)N[C@@H]1CCn2nccc2C1. The predicted molar refractivity (Wildman–Crippen MR) is 72.8 cm³/mol. The van der Waals surface area contributed by atoms with Crippen LogP contribution in [0.2, 0.25) is 0 Å². The van der Waals surface area contributed by atoms with Crippen molar-refractivity contribution in [2.45, 2.75) is 25.4 Å². The Kier molecular flexibility index (Phi) is 3.55. The fourth-order valence-electron chi connectivity index (χ4n) is 2.44. The van der Waals surface area contributed by atoms with Crippen LogP contribution in [0.1, 0.15) is 12.1 Å². The van der Waals surface area contributed by atoms with Gasteiger partial charge >= 0.3 is 6.03 Å². The molecule has 0 saturated carbocycles. The molecule has 0 spiro atoms. The molecular formula is C14H14F2N4O. The Balaban J connectivity index is 1.63. The van der Waals surface area contributed by atoms with Crippen molar-refractivity contribution in [1.82, 2.24) is 15.1 Å². The van der Waals surface area contributed by atoms with Gasteiger partial charge in [-0.3, -0.25) is 4.68 Å². The van der Waals surface area contributed by atoms with E-state index in [1.54, 1.807) is 6.20 Å². The first-order valence-corrected chi connectivity index (χ1v) is 6.65. The summed E-state index contributed by atoms with van der Waals surface area (Å²) >= 11 is 0. The number of benzene rings is 1. The van der Waals surface area contributed by atoms with E-state index < -0.39 is 23.4 Å². The number of urea groups is 1. The summed E-state index contributed by atoms with van der Waals surface area (Å²) in [7, 11) is 0. The lowest BCUT2D eigenvalue weighted by Gasteiger charge is -2.24. The number of aryl methyl sites for hydroxylation is 1. The van der Waals surface area contributed by atoms with Crippen molar-refractivity contribution in [2.24, 2.45) is 0 Å². The number of aromatic nitrogens is 2. The van der Waals surface area contributed by atoms with E-state index in [4.69, 9.17) is 0 Å². The van der Waals surface area contributed by atoms with Gasteiger partial charge < -0.3 is 10.6 Å². The molecule has 1 atom stereocenters. The van der Waals surface area contributed by atoms with Gasteiger partial charge in [-0.15, -0.1) is 0 Å². The molecule has 5 nitrogen and oxygen atoms in total. The Morgan fingerprint density at radius 1 is 1.29 bits per heavy atom. The van der Waals surface area contributed by atoms with Crippen molar-refractivity contribution in [3.8, 4) is 0 Å². The summed E-state index contributed by atoms with van der Waals surface area (Å²) < 4.78 is 28.8. The second-order valence-electron chi connectivity index (χ2n) is 4.93. The molecule has 0 fully saturated rings. The van der Waals surface area contributed by atoms with Gasteiger partial charge in [0.1, 0.15) is 17.3 Å². The third-order valence-corrected chi connectivity index (χ3v) is 3.49. The van der Waals surface area contributed by atoms with E-state index in [0.29, 0.717) is 13.0 Å². The van der Waals surface area contributed by atoms with E-state index in [1.165, 1.54) is 6.07 Å². The number of anilines is 1. The smallest absolute Gasteiger partial charge is 0.319 e. The zero-order valence-corrected chi connectivity index (χ0v) is 11.1. The largest absolute Gasteiger partial charge is 0.335 e. The molecule has 1 aliphatic rings. The van der Waals surface area contributed by atoms with Gasteiger partial charge in [0.2, 0.25) is 0 Å². The van der Waals surface area contributed by atoms with Gasteiger partial charge in [-0.2, -0.15) is 5.10 Å². The summed E-state index contributed by atoms with van der Waals surface area (Å²) in [5.74, 6) is -1.60. The topological polar surface area (TPSA) is 59.0 Å². The van der Waals surface area contributed by atoms with Gasteiger partial charge in [-0.25, -0.2) is 13.6 Å². The van der Waals surface area contributed by atoms with E-state index >= 15 is 0 Å². The Morgan fingerprint density at radius 2 is 2.05 bits per heavy atom. The van der Waals surface area contributed by atoms with Crippen molar-refractivity contribution in [1.29, 1.82) is 0 Å². The van der Waals surface area contributed by atoms with Gasteiger partial charge in [0.25, 0.3) is 0 Å². The molecule has 3 rings (SSSR count). The summed E-state index contributed by atoms with van der Waals surface area (Å²) in [6, 6.07) is 4.63. The normalized spacial score (nSPS) is 17.1. The maximum atomic E-state index is 13.5. The number of nitrogens with one attached hydrogen (secondary N) is 2. The van der Waals surface area contributed by atoms with Gasteiger partial charge in [-0.05, 0) is 24.6 Å². The maximum absolute atomic E-state index is 13.5. The van der Waals surface area contributed by atoms with Crippen LogP contribution in [0.3, 0.4) is 0 Å². The Labute approximate surface area is 120 Å². The summed E-state index contributed by atoms with van der Waals surface area (Å²) in [5.41, 5.74) is 0.597. The fraction of sp³-hybridized carbons (Fsp3) is 0.286. The minimum absolute atomic E-state index is 0.0796. The van der Waals surface area contributed by atoms with Gasteiger partial charge in [-0.1, -0.05) is 6.07 Å². The molecule has 7 heteroatoms. The van der Waals surface area contributed by atoms with Crippen LogP contribution in [0.4, 0.5) is 19.3 Å². The average molecular weight is 292 g/mol. The number of nitrogens with zero attached hydrogens (tertiary/aromatic N) is 2. The van der Waals surface area contributed by atoms with Crippen LogP contribution < -0.4 is 10.6 Å². The number of para-hydroxylation sites is 1. The molecule has 1 aliphatic heterocycles. The van der Waals surface area contributed by atoms with Crippen molar-refractivity contribution >= 4 is 11.7 Å². The molecule has 2 amide bonds. The van der Waals surface area contributed by atoms with Gasteiger partial charge in [0, 0.05) is 30.9 Å². The first-order chi connectivity index (χ1) is 10.1. The predicted octanol–water partition coefficient (Wildman–Crippen LogP) is 2.30. The highest BCUT2D eigenvalue weighted by Crippen LogP contribution is 2.18. The Hall–Kier alpha value is -2.44. The van der Waals surface area contributed by atoms with Crippen LogP contribution in [-0.4, -0.2) is 21.9 Å². The molecule has 0 radical (unpaired) electrons. The highest BCUT2D eigenvalue weighted by molar-refractivity contribution is 5.89. The standard InChI is InChI=1S/C14H14F2N4O/c15-11-2-1-3-12(16)13(11)19-14(21)18-9-5-7-20-10(8-9)4-6-17-20/h1-4,6,9H,5,7-8H2,(H2,18,19,21)/t9-/m1/s1. The number of hydrogen-bond acceptors (Lipinski definition) is 2. The van der Waals surface area contributed by atoms with Crippen molar-refractivity contribution < 1.29 is 13.6 Å². The highest BCUT2D eigenvalue weighted by Gasteiger charge is 2.21. The lowest BCUT2D eigenvalue weighted by Crippen LogP contribution is -2.42. The van der Waals surface area contributed by atoms with E-state index in [9.17, 15) is 13.6 Å². The second kappa shape index (κ2) is 5.51. The molecule has 2 aromatic rings. The number of rotatable bonds is 2. The van der Waals surface area contributed by atoms with Crippen LogP contribution >= 0.6 is 0 Å². The number of hydrogen-bond donors (Lipinski definition) is 2. The molecule has 0 aliphatic carbocycles. The number of halogens is 2. The summed E-state index contributed by atoms with van der Waals surface area (Å²) in [4.78, 5) is 11.9. The maximum Gasteiger partial charge on any atom is 0.319 e. The molecule has 21 heavy (non-hydrogen) atoms. The first-order valence-electron chi connectivity index (χ1n) is 6.65. The van der Waals surface area contributed by atoms with E-state index in [-0.39, 0.29) is 6.04 Å².